The van der Waals surface area contributed by atoms with Crippen molar-refractivity contribution < 1.29 is 23.5 Å². The van der Waals surface area contributed by atoms with E-state index in [0.717, 1.165) is 29.5 Å². The maximum absolute atomic E-state index is 13.0. The number of ether oxygens (including phenoxy) is 2. The van der Waals surface area contributed by atoms with Crippen molar-refractivity contribution in [3.8, 4) is 5.75 Å². The second-order valence-electron chi connectivity index (χ2n) is 7.27. The van der Waals surface area contributed by atoms with Gasteiger partial charge in [0.15, 0.2) is 5.76 Å². The Morgan fingerprint density at radius 3 is 2.61 bits per heavy atom. The molecule has 7 heteroatoms. The van der Waals surface area contributed by atoms with Crippen molar-refractivity contribution in [3.63, 3.8) is 0 Å². The van der Waals surface area contributed by atoms with E-state index in [1.807, 2.05) is 32.0 Å². The molecule has 7 nitrogen and oxygen atoms in total. The fraction of sp³-hybridized carbons (Fsp3) is 0.524. The molecule has 28 heavy (non-hydrogen) atoms. The molecule has 2 aliphatic heterocycles. The molecular weight excluding hydrogens is 360 g/mol. The fourth-order valence-electron chi connectivity index (χ4n) is 3.91. The van der Waals surface area contributed by atoms with Crippen molar-refractivity contribution in [3.05, 3.63) is 29.5 Å². The first-order valence-corrected chi connectivity index (χ1v) is 9.94. The number of aryl methyl sites for hydroxylation is 1. The summed E-state index contributed by atoms with van der Waals surface area (Å²) in [5, 5.41) is 0.890. The number of carbonyl (C=O) groups is 2. The Kier molecular flexibility index (Phi) is 5.26. The lowest BCUT2D eigenvalue weighted by Crippen LogP contribution is -2.52. The van der Waals surface area contributed by atoms with Gasteiger partial charge in [0.05, 0.1) is 6.61 Å². The molecule has 0 saturated carbocycles. The van der Waals surface area contributed by atoms with Crippen LogP contribution in [0.2, 0.25) is 0 Å². The average Bonchev–Trinajstić information content (AvgIpc) is 3.36. The summed E-state index contributed by atoms with van der Waals surface area (Å²) in [6.45, 7) is 7.12. The third-order valence-corrected chi connectivity index (χ3v) is 5.50. The second kappa shape index (κ2) is 7.83. The zero-order valence-corrected chi connectivity index (χ0v) is 16.4. The van der Waals surface area contributed by atoms with Crippen LogP contribution in [0.5, 0.6) is 5.75 Å². The third kappa shape index (κ3) is 3.46. The van der Waals surface area contributed by atoms with Crippen LogP contribution in [-0.4, -0.2) is 67.1 Å². The summed E-state index contributed by atoms with van der Waals surface area (Å²) in [5.41, 5.74) is 1.50. The van der Waals surface area contributed by atoms with Gasteiger partial charge in [0.25, 0.3) is 11.8 Å². The first kappa shape index (κ1) is 18.8. The molecule has 0 radical (unpaired) electrons. The lowest BCUT2D eigenvalue weighted by molar-refractivity contribution is -0.142. The summed E-state index contributed by atoms with van der Waals surface area (Å²) in [6.07, 6.45) is 1.42. The van der Waals surface area contributed by atoms with Gasteiger partial charge in [0.1, 0.15) is 17.4 Å². The molecule has 150 valence electrons. The predicted octanol–water partition coefficient (Wildman–Crippen LogP) is 2.60. The number of nitrogens with zero attached hydrogens (tertiary/aromatic N) is 2. The maximum Gasteiger partial charge on any atom is 0.290 e. The number of carbonyl (C=O) groups excluding carboxylic acids is 2. The van der Waals surface area contributed by atoms with E-state index in [4.69, 9.17) is 13.9 Å². The minimum Gasteiger partial charge on any atom is -0.494 e. The standard InChI is InChI=1S/C21H26N2O5/c1-3-26-15-6-7-17-16(13-15)14(2)19(28-17)21(25)23-10-8-22(9-11-23)20(24)18-5-4-12-27-18/h6-7,13,18H,3-5,8-12H2,1-2H3. The van der Waals surface area contributed by atoms with Crippen molar-refractivity contribution >= 4 is 22.8 Å². The molecule has 1 aromatic carbocycles. The molecule has 1 aromatic heterocycles. The van der Waals surface area contributed by atoms with Crippen molar-refractivity contribution in [1.29, 1.82) is 0 Å². The number of amides is 2. The van der Waals surface area contributed by atoms with Crippen LogP contribution in [0.25, 0.3) is 11.0 Å². The Morgan fingerprint density at radius 1 is 1.18 bits per heavy atom. The first-order chi connectivity index (χ1) is 13.6. The highest BCUT2D eigenvalue weighted by Crippen LogP contribution is 2.30. The van der Waals surface area contributed by atoms with E-state index in [-0.39, 0.29) is 17.9 Å². The Hall–Kier alpha value is -2.54. The van der Waals surface area contributed by atoms with Gasteiger partial charge in [-0.25, -0.2) is 0 Å². The van der Waals surface area contributed by atoms with E-state index in [1.54, 1.807) is 9.80 Å². The number of fused-ring (bicyclic) bond motifs is 1. The van der Waals surface area contributed by atoms with Gasteiger partial charge in [0.2, 0.25) is 0 Å². The van der Waals surface area contributed by atoms with Crippen LogP contribution in [-0.2, 0) is 9.53 Å². The van der Waals surface area contributed by atoms with E-state index in [0.29, 0.717) is 50.7 Å². The van der Waals surface area contributed by atoms with Gasteiger partial charge >= 0.3 is 0 Å². The SMILES string of the molecule is CCOc1ccc2oc(C(=O)N3CCN(C(=O)C4CCCO4)CC3)c(C)c2c1. The maximum atomic E-state index is 13.0. The minimum atomic E-state index is -0.306. The zero-order chi connectivity index (χ0) is 19.7. The Bertz CT molecular complexity index is 876. The Labute approximate surface area is 164 Å². The summed E-state index contributed by atoms with van der Waals surface area (Å²) in [6, 6.07) is 5.59. The van der Waals surface area contributed by atoms with Crippen LogP contribution in [0.15, 0.2) is 22.6 Å². The van der Waals surface area contributed by atoms with E-state index < -0.39 is 0 Å². The van der Waals surface area contributed by atoms with Gasteiger partial charge < -0.3 is 23.7 Å². The normalized spacial score (nSPS) is 20.0. The second-order valence-corrected chi connectivity index (χ2v) is 7.27. The van der Waals surface area contributed by atoms with Crippen LogP contribution in [0, 0.1) is 6.92 Å². The summed E-state index contributed by atoms with van der Waals surface area (Å²) in [4.78, 5) is 29.0. The summed E-state index contributed by atoms with van der Waals surface area (Å²) < 4.78 is 16.9. The first-order valence-electron chi connectivity index (χ1n) is 9.94. The molecule has 0 aliphatic carbocycles. The lowest BCUT2D eigenvalue weighted by Gasteiger charge is -2.35. The van der Waals surface area contributed by atoms with Crippen molar-refractivity contribution in [2.24, 2.45) is 0 Å². The lowest BCUT2D eigenvalue weighted by atomic mass is 10.1. The number of benzene rings is 1. The average molecular weight is 386 g/mol. The summed E-state index contributed by atoms with van der Waals surface area (Å²) >= 11 is 0. The predicted molar refractivity (Wildman–Crippen MR) is 104 cm³/mol. The minimum absolute atomic E-state index is 0.0490. The van der Waals surface area contributed by atoms with E-state index in [2.05, 4.69) is 0 Å². The van der Waals surface area contributed by atoms with Gasteiger partial charge in [-0.3, -0.25) is 9.59 Å². The van der Waals surface area contributed by atoms with Crippen LogP contribution in [0.1, 0.15) is 35.9 Å². The van der Waals surface area contributed by atoms with Gasteiger partial charge in [-0.05, 0) is 44.9 Å². The quantitative estimate of drug-likeness (QED) is 0.808. The van der Waals surface area contributed by atoms with Gasteiger partial charge in [-0.2, -0.15) is 0 Å². The van der Waals surface area contributed by atoms with Crippen LogP contribution in [0.3, 0.4) is 0 Å². The molecule has 2 fully saturated rings. The molecule has 1 unspecified atom stereocenters. The van der Waals surface area contributed by atoms with Crippen LogP contribution < -0.4 is 4.74 Å². The van der Waals surface area contributed by atoms with E-state index in [9.17, 15) is 9.59 Å². The number of rotatable bonds is 4. The smallest absolute Gasteiger partial charge is 0.290 e. The van der Waals surface area contributed by atoms with Gasteiger partial charge in [0, 0.05) is 43.7 Å². The number of furan rings is 1. The number of piperazine rings is 1. The molecule has 1 atom stereocenters. The molecule has 0 spiro atoms. The highest BCUT2D eigenvalue weighted by molar-refractivity contribution is 5.99. The van der Waals surface area contributed by atoms with Gasteiger partial charge in [-0.15, -0.1) is 0 Å². The molecule has 2 amide bonds. The summed E-state index contributed by atoms with van der Waals surface area (Å²) in [5.74, 6) is 1.05. The van der Waals surface area contributed by atoms with E-state index in [1.165, 1.54) is 0 Å². The number of hydrogen-bond acceptors (Lipinski definition) is 5. The highest BCUT2D eigenvalue weighted by atomic mass is 16.5. The van der Waals surface area contributed by atoms with Crippen LogP contribution in [0.4, 0.5) is 0 Å². The Morgan fingerprint density at radius 2 is 1.93 bits per heavy atom. The monoisotopic (exact) mass is 386 g/mol. The van der Waals surface area contributed by atoms with Crippen molar-refractivity contribution in [2.45, 2.75) is 32.8 Å². The largest absolute Gasteiger partial charge is 0.494 e. The fourth-order valence-corrected chi connectivity index (χ4v) is 3.91. The molecule has 2 aromatic rings. The van der Waals surface area contributed by atoms with Crippen LogP contribution >= 0.6 is 0 Å². The Balaban J connectivity index is 1.45. The summed E-state index contributed by atoms with van der Waals surface area (Å²) in [7, 11) is 0. The molecule has 2 aliphatic rings. The molecular formula is C21H26N2O5. The van der Waals surface area contributed by atoms with Crippen molar-refractivity contribution in [1.82, 2.24) is 9.80 Å². The number of hydrogen-bond donors (Lipinski definition) is 0. The molecule has 2 saturated heterocycles. The van der Waals surface area contributed by atoms with Crippen molar-refractivity contribution in [2.75, 3.05) is 39.4 Å². The molecule has 0 N–H and O–H groups in total. The molecule has 3 heterocycles. The van der Waals surface area contributed by atoms with Gasteiger partial charge in [-0.1, -0.05) is 0 Å². The van der Waals surface area contributed by atoms with E-state index >= 15 is 0 Å². The zero-order valence-electron chi connectivity index (χ0n) is 16.4. The molecule has 0 bridgehead atoms. The molecule has 4 rings (SSSR count). The highest BCUT2D eigenvalue weighted by Gasteiger charge is 2.32. The topological polar surface area (TPSA) is 72.2 Å². The third-order valence-electron chi connectivity index (χ3n) is 5.50.